The van der Waals surface area contributed by atoms with Crippen molar-refractivity contribution in [2.24, 2.45) is 0 Å². The number of carbonyl (C=O) groups excluding carboxylic acids is 1. The van der Waals surface area contributed by atoms with Gasteiger partial charge in [-0.15, -0.1) is 0 Å². The van der Waals surface area contributed by atoms with Gasteiger partial charge in [0.1, 0.15) is 11.4 Å². The van der Waals surface area contributed by atoms with E-state index in [4.69, 9.17) is 16.3 Å². The predicted octanol–water partition coefficient (Wildman–Crippen LogP) is 6.25. The number of amides is 1. The monoisotopic (exact) mass is 493 g/mol. The summed E-state index contributed by atoms with van der Waals surface area (Å²) in [6.45, 7) is 0. The van der Waals surface area contributed by atoms with Crippen LogP contribution in [0.1, 0.15) is 27.7 Å². The summed E-state index contributed by atoms with van der Waals surface area (Å²) in [4.78, 5) is 15.3. The molecule has 0 unspecified atom stereocenters. The Morgan fingerprint density at radius 2 is 1.68 bits per heavy atom. The maximum atomic E-state index is 13.5. The molecule has 1 aliphatic rings. The van der Waals surface area contributed by atoms with Crippen molar-refractivity contribution in [3.63, 3.8) is 0 Å². The van der Waals surface area contributed by atoms with Crippen LogP contribution in [0.4, 0.5) is 5.69 Å². The molecule has 0 radical (unpaired) electrons. The van der Waals surface area contributed by atoms with Crippen molar-refractivity contribution in [2.75, 3.05) is 12.0 Å². The van der Waals surface area contributed by atoms with Crippen molar-refractivity contribution < 1.29 is 9.53 Å². The molecule has 0 aliphatic carbocycles. The Bertz CT molecular complexity index is 1250. The summed E-state index contributed by atoms with van der Waals surface area (Å²) >= 11 is 9.60. The first-order chi connectivity index (χ1) is 15.1. The van der Waals surface area contributed by atoms with Gasteiger partial charge in [-0.3, -0.25) is 14.8 Å². The lowest BCUT2D eigenvalue weighted by molar-refractivity contribution is 0.0989. The molecule has 1 amide bonds. The van der Waals surface area contributed by atoms with E-state index in [2.05, 4.69) is 26.1 Å². The minimum Gasteiger partial charge on any atom is -0.497 e. The summed E-state index contributed by atoms with van der Waals surface area (Å²) < 4.78 is 6.22. The molecule has 154 valence electrons. The summed E-state index contributed by atoms with van der Waals surface area (Å²) in [5.41, 5.74) is 4.75. The van der Waals surface area contributed by atoms with Gasteiger partial charge in [-0.1, -0.05) is 39.7 Å². The zero-order chi connectivity index (χ0) is 21.5. The predicted molar refractivity (Wildman–Crippen MR) is 125 cm³/mol. The first-order valence-corrected chi connectivity index (χ1v) is 10.8. The Balaban J connectivity index is 1.69. The molecular weight excluding hydrogens is 478 g/mol. The van der Waals surface area contributed by atoms with E-state index in [1.165, 1.54) is 0 Å². The molecule has 4 aromatic rings. The molecule has 31 heavy (non-hydrogen) atoms. The molecule has 5 rings (SSSR count). The third-order valence-electron chi connectivity index (χ3n) is 5.42. The molecule has 3 aromatic carbocycles. The molecule has 1 aliphatic heterocycles. The number of nitrogens with zero attached hydrogens (tertiary/aromatic N) is 2. The lowest BCUT2D eigenvalue weighted by Gasteiger charge is -2.26. The van der Waals surface area contributed by atoms with Crippen LogP contribution in [0.3, 0.4) is 0 Å². The van der Waals surface area contributed by atoms with Crippen molar-refractivity contribution >= 4 is 39.1 Å². The van der Waals surface area contributed by atoms with Crippen molar-refractivity contribution in [2.45, 2.75) is 6.04 Å². The third kappa shape index (κ3) is 3.42. The molecule has 0 saturated carbocycles. The second-order valence-electron chi connectivity index (χ2n) is 7.20. The number of aromatic amines is 1. The van der Waals surface area contributed by atoms with Crippen LogP contribution in [0.5, 0.6) is 5.75 Å². The molecule has 0 fully saturated rings. The number of H-pyrrole nitrogens is 1. The number of halogens is 2. The van der Waals surface area contributed by atoms with Gasteiger partial charge in [0.15, 0.2) is 0 Å². The van der Waals surface area contributed by atoms with Crippen LogP contribution < -0.4 is 9.64 Å². The number of anilines is 1. The molecule has 2 heterocycles. The number of aromatic nitrogens is 2. The highest BCUT2D eigenvalue weighted by molar-refractivity contribution is 9.10. The third-order valence-corrected chi connectivity index (χ3v) is 6.20. The number of carbonyl (C=O) groups is 1. The van der Waals surface area contributed by atoms with Gasteiger partial charge in [0, 0.05) is 26.3 Å². The number of hydrogen-bond acceptors (Lipinski definition) is 3. The van der Waals surface area contributed by atoms with Gasteiger partial charge in [-0.25, -0.2) is 0 Å². The number of hydrogen-bond donors (Lipinski definition) is 1. The standard InChI is InChI=1S/C24H17BrClN3O2/c1-31-19-12-4-14(5-13-19)21-20-22(28-27-21)24(30)29(18-10-6-16(25)7-11-18)23(20)15-2-8-17(26)9-3-15/h2-13,23H,1H3,(H,27,28)/t23-/m0/s1. The summed E-state index contributed by atoms with van der Waals surface area (Å²) in [7, 11) is 1.63. The smallest absolute Gasteiger partial charge is 0.277 e. The van der Waals surface area contributed by atoms with Gasteiger partial charge >= 0.3 is 0 Å². The van der Waals surface area contributed by atoms with Crippen molar-refractivity contribution in [1.29, 1.82) is 0 Å². The highest BCUT2D eigenvalue weighted by Gasteiger charge is 2.43. The number of rotatable bonds is 4. The molecule has 1 atom stereocenters. The zero-order valence-electron chi connectivity index (χ0n) is 16.5. The average molecular weight is 495 g/mol. The minimum atomic E-state index is -0.336. The lowest BCUT2D eigenvalue weighted by atomic mass is 9.96. The largest absolute Gasteiger partial charge is 0.497 e. The molecule has 0 bridgehead atoms. The van der Waals surface area contributed by atoms with Crippen molar-refractivity contribution in [1.82, 2.24) is 10.2 Å². The molecule has 0 spiro atoms. The fourth-order valence-corrected chi connectivity index (χ4v) is 4.33. The lowest BCUT2D eigenvalue weighted by Crippen LogP contribution is -2.29. The Morgan fingerprint density at radius 3 is 2.32 bits per heavy atom. The normalized spacial score (nSPS) is 15.3. The minimum absolute atomic E-state index is 0.121. The summed E-state index contributed by atoms with van der Waals surface area (Å²) in [6.07, 6.45) is 0. The molecule has 7 heteroatoms. The van der Waals surface area contributed by atoms with E-state index < -0.39 is 0 Å². The van der Waals surface area contributed by atoms with E-state index in [9.17, 15) is 4.79 Å². The maximum absolute atomic E-state index is 13.5. The van der Waals surface area contributed by atoms with Crippen LogP contribution in [-0.2, 0) is 0 Å². The topological polar surface area (TPSA) is 58.2 Å². The maximum Gasteiger partial charge on any atom is 0.277 e. The van der Waals surface area contributed by atoms with E-state index in [-0.39, 0.29) is 11.9 Å². The van der Waals surface area contributed by atoms with E-state index in [0.717, 1.165) is 38.3 Å². The molecule has 5 nitrogen and oxygen atoms in total. The Hall–Kier alpha value is -3.09. The molecule has 0 saturated heterocycles. The molecule has 1 aromatic heterocycles. The van der Waals surface area contributed by atoms with Crippen LogP contribution in [0, 0.1) is 0 Å². The van der Waals surface area contributed by atoms with Gasteiger partial charge in [0.2, 0.25) is 0 Å². The quantitative estimate of drug-likeness (QED) is 0.365. The van der Waals surface area contributed by atoms with Gasteiger partial charge in [-0.05, 0) is 66.2 Å². The van der Waals surface area contributed by atoms with E-state index in [1.54, 1.807) is 12.0 Å². The fraction of sp³-hybridized carbons (Fsp3) is 0.0833. The molecule has 1 N–H and O–H groups in total. The fourth-order valence-electron chi connectivity index (χ4n) is 3.94. The van der Waals surface area contributed by atoms with E-state index in [1.807, 2.05) is 72.8 Å². The highest BCUT2D eigenvalue weighted by atomic mass is 79.9. The van der Waals surface area contributed by atoms with Gasteiger partial charge in [0.25, 0.3) is 5.91 Å². The van der Waals surface area contributed by atoms with Crippen molar-refractivity contribution in [3.8, 4) is 17.0 Å². The van der Waals surface area contributed by atoms with Crippen LogP contribution in [0.15, 0.2) is 77.3 Å². The van der Waals surface area contributed by atoms with Gasteiger partial charge in [0.05, 0.1) is 18.8 Å². The van der Waals surface area contributed by atoms with Crippen molar-refractivity contribution in [3.05, 3.63) is 99.1 Å². The van der Waals surface area contributed by atoms with Crippen LogP contribution >= 0.6 is 27.5 Å². The van der Waals surface area contributed by atoms with Crippen LogP contribution in [0.25, 0.3) is 11.3 Å². The first-order valence-electron chi connectivity index (χ1n) is 9.64. The number of ether oxygens (including phenoxy) is 1. The van der Waals surface area contributed by atoms with Crippen LogP contribution in [0.2, 0.25) is 5.02 Å². The van der Waals surface area contributed by atoms with Crippen LogP contribution in [-0.4, -0.2) is 23.2 Å². The summed E-state index contributed by atoms with van der Waals surface area (Å²) in [5.74, 6) is 0.641. The number of methoxy groups -OCH3 is 1. The Morgan fingerprint density at radius 1 is 1.00 bits per heavy atom. The summed E-state index contributed by atoms with van der Waals surface area (Å²) in [6, 6.07) is 22.6. The van der Waals surface area contributed by atoms with E-state index >= 15 is 0 Å². The average Bonchev–Trinajstić information content (AvgIpc) is 3.34. The second kappa shape index (κ2) is 7.87. The Kier molecular flexibility index (Phi) is 5.04. The summed E-state index contributed by atoms with van der Waals surface area (Å²) in [5, 5.41) is 8.12. The number of nitrogens with one attached hydrogen (secondary N) is 1. The first kappa shape index (κ1) is 19.8. The number of benzene rings is 3. The second-order valence-corrected chi connectivity index (χ2v) is 8.55. The number of fused-ring (bicyclic) bond motifs is 1. The van der Waals surface area contributed by atoms with Gasteiger partial charge in [-0.2, -0.15) is 5.10 Å². The SMILES string of the molecule is COc1ccc(-c2n[nH]c3c2[C@H](c2ccc(Cl)cc2)N(c2ccc(Br)cc2)C3=O)cc1. The highest BCUT2D eigenvalue weighted by Crippen LogP contribution is 2.45. The Labute approximate surface area is 192 Å². The van der Waals surface area contributed by atoms with Gasteiger partial charge < -0.3 is 4.74 Å². The molecular formula is C24H17BrClN3O2. The zero-order valence-corrected chi connectivity index (χ0v) is 18.8. The van der Waals surface area contributed by atoms with E-state index in [0.29, 0.717) is 10.7 Å².